The van der Waals surface area contributed by atoms with Crippen molar-refractivity contribution in [2.45, 2.75) is 13.8 Å². The van der Waals surface area contributed by atoms with Crippen molar-refractivity contribution in [2.75, 3.05) is 27.4 Å². The molecule has 0 heterocycles. The van der Waals surface area contributed by atoms with Crippen LogP contribution in [0.5, 0.6) is 0 Å². The van der Waals surface area contributed by atoms with Crippen molar-refractivity contribution in [1.82, 2.24) is 0 Å². The van der Waals surface area contributed by atoms with Gasteiger partial charge in [-0.25, -0.2) is 4.57 Å². The molecule has 0 fully saturated rings. The maximum absolute atomic E-state index is 12.1. The maximum atomic E-state index is 12.1. The summed E-state index contributed by atoms with van der Waals surface area (Å²) in [6, 6.07) is 0. The summed E-state index contributed by atoms with van der Waals surface area (Å²) < 4.78 is 47.5. The van der Waals surface area contributed by atoms with E-state index in [0.717, 1.165) is 14.2 Å². The van der Waals surface area contributed by atoms with E-state index in [4.69, 9.17) is 13.6 Å². The van der Waals surface area contributed by atoms with Gasteiger partial charge >= 0.3 is 15.4 Å². The van der Waals surface area contributed by atoms with Gasteiger partial charge in [-0.15, -0.1) is 0 Å². The summed E-state index contributed by atoms with van der Waals surface area (Å²) in [7, 11) is -5.24. The number of hydrogen-bond donors (Lipinski definition) is 0. The molecule has 0 N–H and O–H groups in total. The molecule has 0 aromatic heterocycles. The molecule has 0 aliphatic rings. The minimum absolute atomic E-state index is 0.129. The van der Waals surface area contributed by atoms with Gasteiger partial charge in [-0.1, -0.05) is 0 Å². The molecule has 17 heavy (non-hydrogen) atoms. The Morgan fingerprint density at radius 3 is 1.76 bits per heavy atom. The van der Waals surface area contributed by atoms with E-state index in [1.807, 2.05) is 0 Å². The molecular formula is C8H18O7P2. The quantitative estimate of drug-likeness (QED) is 0.476. The molecule has 0 rings (SSSR count). The second-order valence-electron chi connectivity index (χ2n) is 2.63. The Balaban J connectivity index is 4.87. The highest BCUT2D eigenvalue weighted by molar-refractivity contribution is 7.59. The molecule has 0 unspecified atom stereocenters. The molecule has 0 aliphatic carbocycles. The van der Waals surface area contributed by atoms with E-state index < -0.39 is 20.9 Å². The number of hydrogen-bond acceptors (Lipinski definition) is 7. The van der Waals surface area contributed by atoms with Crippen LogP contribution in [0, 0.1) is 0 Å². The van der Waals surface area contributed by atoms with Crippen molar-refractivity contribution in [2.24, 2.45) is 0 Å². The fraction of sp³-hybridized carbons (Fsp3) is 0.750. The normalized spacial score (nSPS) is 12.5. The van der Waals surface area contributed by atoms with Crippen molar-refractivity contribution < 1.29 is 31.7 Å². The fourth-order valence-electron chi connectivity index (χ4n) is 0.849. The van der Waals surface area contributed by atoms with Crippen LogP contribution in [0.25, 0.3) is 0 Å². The number of phosphoric acid groups is 1. The first kappa shape index (κ1) is 16.8. The van der Waals surface area contributed by atoms with Crippen LogP contribution >= 0.6 is 15.4 Å². The van der Waals surface area contributed by atoms with Gasteiger partial charge in [0.2, 0.25) is 5.50 Å². The molecule has 0 amide bonds. The van der Waals surface area contributed by atoms with Crippen LogP contribution in [0.2, 0.25) is 0 Å². The second kappa shape index (κ2) is 7.31. The van der Waals surface area contributed by atoms with Gasteiger partial charge in [-0.05, 0) is 20.4 Å². The average molecular weight is 288 g/mol. The first-order valence-electron chi connectivity index (χ1n) is 4.87. The molecule has 0 radical (unpaired) electrons. The van der Waals surface area contributed by atoms with Gasteiger partial charge in [-0.2, -0.15) is 0 Å². The first-order valence-corrected chi connectivity index (χ1v) is 7.87. The Morgan fingerprint density at radius 1 is 1.06 bits per heavy atom. The zero-order valence-corrected chi connectivity index (χ0v) is 12.2. The van der Waals surface area contributed by atoms with Crippen LogP contribution in [0.15, 0.2) is 12.1 Å². The Morgan fingerprint density at radius 2 is 1.47 bits per heavy atom. The Labute approximate surface area is 101 Å². The second-order valence-corrected chi connectivity index (χ2v) is 6.45. The monoisotopic (exact) mass is 288 g/mol. The lowest BCUT2D eigenvalue weighted by Gasteiger charge is -2.21. The van der Waals surface area contributed by atoms with E-state index in [2.05, 4.69) is 15.6 Å². The molecule has 0 atom stereocenters. The third-order valence-electron chi connectivity index (χ3n) is 1.57. The Hall–Kier alpha value is -0.160. The average Bonchev–Trinajstić information content (AvgIpc) is 2.29. The lowest BCUT2D eigenvalue weighted by molar-refractivity contribution is 0.172. The lowest BCUT2D eigenvalue weighted by Crippen LogP contribution is -2.02. The van der Waals surface area contributed by atoms with E-state index in [1.54, 1.807) is 13.8 Å². The highest BCUT2D eigenvalue weighted by Gasteiger charge is 2.36. The number of rotatable bonds is 9. The van der Waals surface area contributed by atoms with Crippen molar-refractivity contribution in [3.8, 4) is 0 Å². The summed E-state index contributed by atoms with van der Waals surface area (Å²) in [6.07, 6.45) is 0. The fourth-order valence-corrected chi connectivity index (χ4v) is 3.15. The Bertz CT molecular complexity index is 323. The zero-order valence-electron chi connectivity index (χ0n) is 10.4. The summed E-state index contributed by atoms with van der Waals surface area (Å²) >= 11 is 0. The van der Waals surface area contributed by atoms with Crippen LogP contribution in [0.3, 0.4) is 0 Å². The third-order valence-corrected chi connectivity index (χ3v) is 4.95. The largest absolute Gasteiger partial charge is 0.529 e. The summed E-state index contributed by atoms with van der Waals surface area (Å²) in [5.41, 5.74) is -0.409. The smallest absolute Gasteiger partial charge is 0.396 e. The third kappa shape index (κ3) is 4.92. The van der Waals surface area contributed by atoms with Crippen molar-refractivity contribution >= 4 is 15.4 Å². The maximum Gasteiger partial charge on any atom is 0.529 e. The van der Waals surface area contributed by atoms with E-state index in [-0.39, 0.29) is 13.2 Å². The molecule has 0 aromatic rings. The zero-order chi connectivity index (χ0) is 13.5. The van der Waals surface area contributed by atoms with E-state index in [9.17, 15) is 9.13 Å². The molecule has 102 valence electrons. The van der Waals surface area contributed by atoms with Gasteiger partial charge in [0, 0.05) is 14.2 Å². The van der Waals surface area contributed by atoms with Crippen LogP contribution in [0.1, 0.15) is 13.8 Å². The van der Waals surface area contributed by atoms with E-state index in [0.29, 0.717) is 0 Å². The summed E-state index contributed by atoms with van der Waals surface area (Å²) in [4.78, 5) is 0. The lowest BCUT2D eigenvalue weighted by atomic mass is 10.9. The topological polar surface area (TPSA) is 80.3 Å². The van der Waals surface area contributed by atoms with Crippen LogP contribution < -0.4 is 0 Å². The van der Waals surface area contributed by atoms with Crippen molar-refractivity contribution in [1.29, 1.82) is 0 Å². The van der Waals surface area contributed by atoms with Gasteiger partial charge < -0.3 is 13.6 Å². The number of phosphoric ester groups is 1. The van der Waals surface area contributed by atoms with E-state index in [1.165, 1.54) is 0 Å². The van der Waals surface area contributed by atoms with Gasteiger partial charge in [-0.3, -0.25) is 13.6 Å². The van der Waals surface area contributed by atoms with Crippen LogP contribution in [-0.4, -0.2) is 27.4 Å². The molecule has 0 bridgehead atoms. The minimum atomic E-state index is -3.81. The summed E-state index contributed by atoms with van der Waals surface area (Å²) in [5.74, 6) is 0. The van der Waals surface area contributed by atoms with Crippen molar-refractivity contribution in [3.63, 3.8) is 0 Å². The van der Waals surface area contributed by atoms with Gasteiger partial charge in [0.25, 0.3) is 0 Å². The van der Waals surface area contributed by atoms with E-state index >= 15 is 0 Å². The van der Waals surface area contributed by atoms with Crippen LogP contribution in [-0.2, 0) is 31.7 Å². The Kier molecular flexibility index (Phi) is 7.24. The molecule has 9 heteroatoms. The standard InChI is InChI=1S/C8H18O7P2/c1-6-13-16(9,14-7-2)8(3)15-17(10,11-4)12-5/h3,6-7H2,1-2,4-5H3. The molecule has 0 aromatic carbocycles. The predicted octanol–water partition coefficient (Wildman–Crippen LogP) is 3.14. The van der Waals surface area contributed by atoms with Gasteiger partial charge in [0.05, 0.1) is 13.2 Å². The molecule has 0 saturated heterocycles. The predicted molar refractivity (Wildman–Crippen MR) is 62.7 cm³/mol. The van der Waals surface area contributed by atoms with Crippen LogP contribution in [0.4, 0.5) is 0 Å². The van der Waals surface area contributed by atoms with Crippen molar-refractivity contribution in [3.05, 3.63) is 12.1 Å². The molecule has 7 nitrogen and oxygen atoms in total. The highest BCUT2D eigenvalue weighted by Crippen LogP contribution is 2.62. The molecule has 0 saturated carbocycles. The molecule has 0 spiro atoms. The summed E-state index contributed by atoms with van der Waals surface area (Å²) in [6.45, 7) is 6.90. The molecular weight excluding hydrogens is 270 g/mol. The minimum Gasteiger partial charge on any atom is -0.396 e. The highest BCUT2D eigenvalue weighted by atomic mass is 31.2. The summed E-state index contributed by atoms with van der Waals surface area (Å²) in [5, 5.41) is 0. The first-order chi connectivity index (χ1) is 7.87. The SMILES string of the molecule is C=C(OP(=O)(OC)OC)P(=O)(OCC)OCC. The van der Waals surface area contributed by atoms with Gasteiger partial charge in [0.15, 0.2) is 0 Å². The van der Waals surface area contributed by atoms with Gasteiger partial charge in [0.1, 0.15) is 0 Å². The molecule has 0 aliphatic heterocycles.